The first-order valence-electron chi connectivity index (χ1n) is 7.11. The standard InChI is InChI=1S/C17H21N3/c1-13(2)20-12-6-7-14-15(19-11-9-16(14)20)8-10-17(3,4)18-5/h9,11,13H,6-7,12H2,1-4H3. The van der Waals surface area contributed by atoms with Crippen molar-refractivity contribution < 1.29 is 0 Å². The predicted octanol–water partition coefficient (Wildman–Crippen LogP) is 3.29. The number of rotatable bonds is 1. The molecule has 1 aromatic heterocycles. The van der Waals surface area contributed by atoms with E-state index in [1.54, 1.807) is 0 Å². The first kappa shape index (κ1) is 14.4. The highest BCUT2D eigenvalue weighted by Gasteiger charge is 2.22. The highest BCUT2D eigenvalue weighted by molar-refractivity contribution is 5.60. The van der Waals surface area contributed by atoms with Gasteiger partial charge in [-0.05, 0) is 44.6 Å². The fourth-order valence-corrected chi connectivity index (χ4v) is 2.43. The van der Waals surface area contributed by atoms with Crippen LogP contribution in [0.1, 0.15) is 45.4 Å². The van der Waals surface area contributed by atoms with Crippen molar-refractivity contribution in [3.05, 3.63) is 34.9 Å². The molecule has 0 N–H and O–H groups in total. The molecule has 1 aliphatic rings. The maximum atomic E-state index is 7.14. The van der Waals surface area contributed by atoms with E-state index in [1.807, 2.05) is 20.0 Å². The molecule has 0 saturated carbocycles. The van der Waals surface area contributed by atoms with Gasteiger partial charge in [0.1, 0.15) is 5.69 Å². The summed E-state index contributed by atoms with van der Waals surface area (Å²) in [6.45, 7) is 16.3. The van der Waals surface area contributed by atoms with Gasteiger partial charge in [0, 0.05) is 43.9 Å². The second-order valence-electron chi connectivity index (χ2n) is 5.97. The third-order valence-corrected chi connectivity index (χ3v) is 3.56. The molecule has 0 unspecified atom stereocenters. The lowest BCUT2D eigenvalue weighted by Crippen LogP contribution is -2.35. The fraction of sp³-hybridized carbons (Fsp3) is 0.529. The molecular weight excluding hydrogens is 246 g/mol. The Morgan fingerprint density at radius 3 is 2.85 bits per heavy atom. The van der Waals surface area contributed by atoms with Gasteiger partial charge >= 0.3 is 0 Å². The molecule has 0 atom stereocenters. The minimum Gasteiger partial charge on any atom is -0.369 e. The normalized spacial score (nSPS) is 14.3. The van der Waals surface area contributed by atoms with E-state index >= 15 is 0 Å². The van der Waals surface area contributed by atoms with E-state index < -0.39 is 5.54 Å². The van der Waals surface area contributed by atoms with Gasteiger partial charge in [0.25, 0.3) is 5.54 Å². The summed E-state index contributed by atoms with van der Waals surface area (Å²) in [4.78, 5) is 10.4. The van der Waals surface area contributed by atoms with Crippen molar-refractivity contribution in [3.63, 3.8) is 0 Å². The summed E-state index contributed by atoms with van der Waals surface area (Å²) in [5, 5.41) is 0. The molecule has 104 valence electrons. The Morgan fingerprint density at radius 1 is 1.45 bits per heavy atom. The molecule has 0 aromatic carbocycles. The maximum absolute atomic E-state index is 7.14. The van der Waals surface area contributed by atoms with E-state index in [0.717, 1.165) is 25.1 Å². The number of pyridine rings is 1. The Hall–Kier alpha value is -2.00. The van der Waals surface area contributed by atoms with Gasteiger partial charge in [-0.15, -0.1) is 0 Å². The Balaban J connectivity index is 2.43. The Bertz CT molecular complexity index is 597. The van der Waals surface area contributed by atoms with E-state index in [2.05, 4.69) is 46.5 Å². The maximum Gasteiger partial charge on any atom is 0.286 e. The van der Waals surface area contributed by atoms with E-state index in [0.29, 0.717) is 6.04 Å². The van der Waals surface area contributed by atoms with E-state index in [4.69, 9.17) is 6.57 Å². The lowest BCUT2D eigenvalue weighted by atomic mass is 9.98. The quantitative estimate of drug-likeness (QED) is 0.575. The van der Waals surface area contributed by atoms with Crippen LogP contribution in [0.25, 0.3) is 4.85 Å². The van der Waals surface area contributed by atoms with Crippen LogP contribution in [0.3, 0.4) is 0 Å². The van der Waals surface area contributed by atoms with Crippen LogP contribution in [-0.2, 0) is 6.42 Å². The smallest absolute Gasteiger partial charge is 0.286 e. The Kier molecular flexibility index (Phi) is 4.00. The van der Waals surface area contributed by atoms with Gasteiger partial charge in [-0.1, -0.05) is 0 Å². The van der Waals surface area contributed by atoms with E-state index in [1.165, 1.54) is 11.3 Å². The summed E-state index contributed by atoms with van der Waals surface area (Å²) in [6.07, 6.45) is 3.99. The van der Waals surface area contributed by atoms with Gasteiger partial charge < -0.3 is 4.90 Å². The Labute approximate surface area is 121 Å². The summed E-state index contributed by atoms with van der Waals surface area (Å²) < 4.78 is 0. The average Bonchev–Trinajstić information content (AvgIpc) is 2.44. The lowest BCUT2D eigenvalue weighted by Gasteiger charge is -2.34. The molecule has 20 heavy (non-hydrogen) atoms. The van der Waals surface area contributed by atoms with Gasteiger partial charge in [-0.3, -0.25) is 4.85 Å². The van der Waals surface area contributed by atoms with Crippen LogP contribution >= 0.6 is 0 Å². The summed E-state index contributed by atoms with van der Waals surface area (Å²) in [5.74, 6) is 6.16. The van der Waals surface area contributed by atoms with Crippen molar-refractivity contribution in [2.24, 2.45) is 0 Å². The van der Waals surface area contributed by atoms with Gasteiger partial charge in [0.2, 0.25) is 0 Å². The van der Waals surface area contributed by atoms with Crippen molar-refractivity contribution in [1.82, 2.24) is 4.98 Å². The van der Waals surface area contributed by atoms with E-state index in [9.17, 15) is 0 Å². The van der Waals surface area contributed by atoms with Crippen molar-refractivity contribution >= 4 is 5.69 Å². The van der Waals surface area contributed by atoms with Crippen molar-refractivity contribution in [1.29, 1.82) is 0 Å². The summed E-state index contributed by atoms with van der Waals surface area (Å²) >= 11 is 0. The SMILES string of the molecule is [C-]#[N+]C(C)(C)C#Cc1nccc2c1CCCN2C(C)C. The Morgan fingerprint density at radius 2 is 2.20 bits per heavy atom. The minimum absolute atomic E-state index is 0.483. The first-order valence-corrected chi connectivity index (χ1v) is 7.11. The fourth-order valence-electron chi connectivity index (χ4n) is 2.43. The zero-order valence-electron chi connectivity index (χ0n) is 12.7. The van der Waals surface area contributed by atoms with Crippen LogP contribution in [0.4, 0.5) is 5.69 Å². The van der Waals surface area contributed by atoms with Gasteiger partial charge in [0.05, 0.1) is 0 Å². The molecular formula is C17H21N3. The van der Waals surface area contributed by atoms with Crippen LogP contribution in [0.2, 0.25) is 0 Å². The van der Waals surface area contributed by atoms with Gasteiger partial charge in [-0.25, -0.2) is 11.6 Å². The first-order chi connectivity index (χ1) is 9.44. The highest BCUT2D eigenvalue weighted by atomic mass is 15.2. The molecule has 2 rings (SSSR count). The van der Waals surface area contributed by atoms with Crippen molar-refractivity contribution in [3.8, 4) is 11.8 Å². The molecule has 0 spiro atoms. The summed E-state index contributed by atoms with van der Waals surface area (Å²) in [6, 6.07) is 2.57. The lowest BCUT2D eigenvalue weighted by molar-refractivity contribution is 0.623. The van der Waals surface area contributed by atoms with Crippen LogP contribution in [0.5, 0.6) is 0 Å². The predicted molar refractivity (Wildman–Crippen MR) is 82.6 cm³/mol. The van der Waals surface area contributed by atoms with Crippen LogP contribution in [0.15, 0.2) is 12.3 Å². The minimum atomic E-state index is -0.642. The van der Waals surface area contributed by atoms with Crippen molar-refractivity contribution in [2.45, 2.75) is 52.1 Å². The largest absolute Gasteiger partial charge is 0.369 e. The molecule has 2 heterocycles. The topological polar surface area (TPSA) is 20.5 Å². The summed E-state index contributed by atoms with van der Waals surface area (Å²) in [7, 11) is 0. The highest BCUT2D eigenvalue weighted by Crippen LogP contribution is 2.29. The number of fused-ring (bicyclic) bond motifs is 1. The van der Waals surface area contributed by atoms with Gasteiger partial charge in [-0.2, -0.15) is 0 Å². The second-order valence-corrected chi connectivity index (χ2v) is 5.97. The zero-order chi connectivity index (χ0) is 14.8. The second kappa shape index (κ2) is 5.55. The third kappa shape index (κ3) is 2.94. The molecule has 3 nitrogen and oxygen atoms in total. The number of aromatic nitrogens is 1. The molecule has 0 radical (unpaired) electrons. The molecule has 0 amide bonds. The third-order valence-electron chi connectivity index (χ3n) is 3.56. The number of hydrogen-bond acceptors (Lipinski definition) is 2. The molecule has 0 aliphatic carbocycles. The molecule has 1 aliphatic heterocycles. The van der Waals surface area contributed by atoms with Crippen LogP contribution < -0.4 is 4.90 Å². The zero-order valence-corrected chi connectivity index (χ0v) is 12.7. The van der Waals surface area contributed by atoms with Crippen LogP contribution in [-0.4, -0.2) is 23.1 Å². The molecule has 0 bridgehead atoms. The van der Waals surface area contributed by atoms with E-state index in [-0.39, 0.29) is 0 Å². The number of anilines is 1. The monoisotopic (exact) mass is 267 g/mol. The number of nitrogens with zero attached hydrogens (tertiary/aromatic N) is 3. The number of hydrogen-bond donors (Lipinski definition) is 0. The molecule has 3 heteroatoms. The molecule has 0 fully saturated rings. The van der Waals surface area contributed by atoms with Gasteiger partial charge in [0.15, 0.2) is 0 Å². The van der Waals surface area contributed by atoms with Crippen LogP contribution in [0, 0.1) is 18.4 Å². The molecule has 0 saturated heterocycles. The van der Waals surface area contributed by atoms with Crippen molar-refractivity contribution in [2.75, 3.05) is 11.4 Å². The summed E-state index contributed by atoms with van der Waals surface area (Å²) in [5.41, 5.74) is 2.69. The molecule has 1 aromatic rings. The average molecular weight is 267 g/mol.